The highest BCUT2D eigenvalue weighted by Gasteiger charge is 2.29. The van der Waals surface area contributed by atoms with Gasteiger partial charge >= 0.3 is 0 Å². The minimum absolute atomic E-state index is 0.0334. The molecule has 1 aliphatic rings. The lowest BCUT2D eigenvalue weighted by Gasteiger charge is -2.31. The Hall–Kier alpha value is -3.65. The smallest absolute Gasteiger partial charge is 0.284 e. The zero-order valence-corrected chi connectivity index (χ0v) is 21.9. The van der Waals surface area contributed by atoms with E-state index in [0.29, 0.717) is 23.7 Å². The maximum atomic E-state index is 13.1. The molecule has 1 unspecified atom stereocenters. The predicted octanol–water partition coefficient (Wildman–Crippen LogP) is 5.05. The number of amidine groups is 1. The van der Waals surface area contributed by atoms with E-state index in [0.717, 1.165) is 28.6 Å². The van der Waals surface area contributed by atoms with Gasteiger partial charge < -0.3 is 5.73 Å². The van der Waals surface area contributed by atoms with Crippen LogP contribution >= 0.6 is 23.4 Å². The van der Waals surface area contributed by atoms with Gasteiger partial charge in [0.25, 0.3) is 10.0 Å². The third-order valence-electron chi connectivity index (χ3n) is 5.56. The van der Waals surface area contributed by atoms with Gasteiger partial charge in [-0.25, -0.2) is 9.85 Å². The molecule has 1 aliphatic heterocycles. The van der Waals surface area contributed by atoms with E-state index in [4.69, 9.17) is 29.0 Å². The average Bonchev–Trinajstić information content (AvgIpc) is 2.91. The Labute approximate surface area is 224 Å². The maximum absolute atomic E-state index is 13.1. The second-order valence-electron chi connectivity index (χ2n) is 8.08. The van der Waals surface area contributed by atoms with E-state index in [2.05, 4.69) is 9.24 Å². The molecule has 3 aromatic rings. The quantitative estimate of drug-likeness (QED) is 0.262. The van der Waals surface area contributed by atoms with Gasteiger partial charge in [-0.1, -0.05) is 90.1 Å². The largest absolute Gasteiger partial charge is 0.369 e. The fraction of sp³-hybridized carbons (Fsp3) is 0.154. The summed E-state index contributed by atoms with van der Waals surface area (Å²) in [6.45, 7) is 7.43. The number of sulfonamides is 1. The lowest BCUT2D eigenvalue weighted by Crippen LogP contribution is -2.35. The Morgan fingerprint density at radius 1 is 1.11 bits per heavy atom. The summed E-state index contributed by atoms with van der Waals surface area (Å²) in [4.78, 5) is 14.8. The molecule has 37 heavy (non-hydrogen) atoms. The first-order chi connectivity index (χ1) is 17.8. The van der Waals surface area contributed by atoms with E-state index in [1.165, 1.54) is 29.3 Å². The topological polar surface area (TPSA) is 110 Å². The summed E-state index contributed by atoms with van der Waals surface area (Å²) in [5, 5.41) is 6.94. The average molecular weight is 552 g/mol. The van der Waals surface area contributed by atoms with E-state index in [1.807, 2.05) is 42.5 Å². The number of nitrogens with two attached hydrogens (primary N) is 1. The van der Waals surface area contributed by atoms with Crippen molar-refractivity contribution in [3.8, 4) is 0 Å². The molecule has 188 valence electrons. The Kier molecular flexibility index (Phi) is 8.28. The van der Waals surface area contributed by atoms with Crippen LogP contribution in [0, 0.1) is 6.57 Å². The SMILES string of the molecule is [C-]#[N+]c1ccc(S(=O)(=O)/N=C(\SCC(N)=O)N2CCC(c3ccccc3)C(c3ccc(Cl)cc3)=N2)cc1. The molecule has 4 rings (SSSR count). The van der Waals surface area contributed by atoms with Crippen molar-refractivity contribution >= 4 is 55.9 Å². The van der Waals surface area contributed by atoms with Crippen LogP contribution in [0.1, 0.15) is 23.5 Å². The van der Waals surface area contributed by atoms with E-state index in [1.54, 1.807) is 12.1 Å². The van der Waals surface area contributed by atoms with Gasteiger partial charge in [-0.2, -0.15) is 13.5 Å². The number of hydrazone groups is 1. The summed E-state index contributed by atoms with van der Waals surface area (Å²) >= 11 is 7.01. The first-order valence-corrected chi connectivity index (χ1v) is 14.0. The summed E-state index contributed by atoms with van der Waals surface area (Å²) in [6, 6.07) is 22.7. The van der Waals surface area contributed by atoms with Crippen LogP contribution in [0.4, 0.5) is 5.69 Å². The number of thioether (sulfide) groups is 1. The van der Waals surface area contributed by atoms with E-state index in [9.17, 15) is 13.2 Å². The van der Waals surface area contributed by atoms with Crippen molar-refractivity contribution in [2.75, 3.05) is 12.3 Å². The Morgan fingerprint density at radius 2 is 1.78 bits per heavy atom. The minimum atomic E-state index is -4.15. The monoisotopic (exact) mass is 551 g/mol. The van der Waals surface area contributed by atoms with Gasteiger partial charge in [0, 0.05) is 17.5 Å². The first kappa shape index (κ1) is 26.4. The van der Waals surface area contributed by atoms with E-state index >= 15 is 0 Å². The third-order valence-corrected chi connectivity index (χ3v) is 8.19. The molecule has 8 nitrogen and oxygen atoms in total. The van der Waals surface area contributed by atoms with Crippen LogP contribution in [0.25, 0.3) is 4.85 Å². The van der Waals surface area contributed by atoms with Crippen LogP contribution in [0.15, 0.2) is 93.3 Å². The molecular formula is C26H22ClN5O3S2. The second kappa shape index (κ2) is 11.6. The molecule has 2 N–H and O–H groups in total. The molecule has 0 saturated carbocycles. The van der Waals surface area contributed by atoms with E-state index < -0.39 is 15.9 Å². The summed E-state index contributed by atoms with van der Waals surface area (Å²) in [7, 11) is -4.15. The van der Waals surface area contributed by atoms with Gasteiger partial charge in [-0.05, 0) is 29.7 Å². The van der Waals surface area contributed by atoms with Crippen LogP contribution in [-0.2, 0) is 14.8 Å². The molecule has 0 aromatic heterocycles. The highest BCUT2D eigenvalue weighted by atomic mass is 35.5. The van der Waals surface area contributed by atoms with Gasteiger partial charge in [0.15, 0.2) is 10.9 Å². The molecule has 11 heteroatoms. The molecule has 0 bridgehead atoms. The molecule has 0 saturated heterocycles. The molecule has 0 fully saturated rings. The fourth-order valence-electron chi connectivity index (χ4n) is 3.80. The van der Waals surface area contributed by atoms with Gasteiger partial charge in [0.2, 0.25) is 5.91 Å². The number of halogens is 1. The van der Waals surface area contributed by atoms with Crippen LogP contribution in [-0.4, -0.2) is 42.5 Å². The number of amides is 1. The number of hydrogen-bond donors (Lipinski definition) is 1. The first-order valence-electron chi connectivity index (χ1n) is 11.2. The van der Waals surface area contributed by atoms with Gasteiger partial charge in [0.05, 0.1) is 22.9 Å². The number of hydrogen-bond acceptors (Lipinski definition) is 5. The Bertz CT molecular complexity index is 1480. The van der Waals surface area contributed by atoms with Crippen molar-refractivity contribution in [1.82, 2.24) is 5.01 Å². The molecule has 1 atom stereocenters. The zero-order valence-electron chi connectivity index (χ0n) is 19.5. The lowest BCUT2D eigenvalue weighted by atomic mass is 9.86. The van der Waals surface area contributed by atoms with Gasteiger partial charge in [-0.15, -0.1) is 4.40 Å². The van der Waals surface area contributed by atoms with Crippen molar-refractivity contribution in [2.24, 2.45) is 15.2 Å². The summed E-state index contributed by atoms with van der Waals surface area (Å²) in [5.41, 5.74) is 8.29. The lowest BCUT2D eigenvalue weighted by molar-refractivity contribution is -0.115. The number of nitrogens with zero attached hydrogens (tertiary/aromatic N) is 4. The molecule has 1 heterocycles. The molecule has 0 radical (unpaired) electrons. The highest BCUT2D eigenvalue weighted by molar-refractivity contribution is 8.14. The van der Waals surface area contributed by atoms with Crippen molar-refractivity contribution in [3.63, 3.8) is 0 Å². The summed E-state index contributed by atoms with van der Waals surface area (Å²) in [6.07, 6.45) is 0.626. The Morgan fingerprint density at radius 3 is 2.41 bits per heavy atom. The predicted molar refractivity (Wildman–Crippen MR) is 147 cm³/mol. The molecule has 3 aromatic carbocycles. The fourth-order valence-corrected chi connectivity index (χ4v) is 5.87. The standard InChI is InChI=1S/C26H22ClN5O3S2/c1-29-21-11-13-22(14-12-21)37(34,35)31-26(36-17-24(28)33)32-16-15-23(18-5-3-2-4-6-18)25(30-32)19-7-9-20(27)10-8-19/h2-14,23H,15-17H2,(H2,28,33)/b31-26-. The number of carbonyl (C=O) groups excluding carboxylic acids is 1. The van der Waals surface area contributed by atoms with Gasteiger partial charge in [0.1, 0.15) is 0 Å². The highest BCUT2D eigenvalue weighted by Crippen LogP contribution is 2.31. The molecule has 1 amide bonds. The number of primary amides is 1. The van der Waals surface area contributed by atoms with Crippen molar-refractivity contribution in [3.05, 3.63) is 106 Å². The number of carbonyl (C=O) groups is 1. The van der Waals surface area contributed by atoms with E-state index in [-0.39, 0.29) is 21.7 Å². The number of benzene rings is 3. The summed E-state index contributed by atoms with van der Waals surface area (Å²) < 4.78 is 30.3. The second-order valence-corrected chi connectivity index (χ2v) is 11.1. The van der Waals surface area contributed by atoms with Crippen molar-refractivity contribution < 1.29 is 13.2 Å². The van der Waals surface area contributed by atoms with Crippen molar-refractivity contribution in [1.29, 1.82) is 0 Å². The molecule has 0 spiro atoms. The van der Waals surface area contributed by atoms with Crippen LogP contribution in [0.2, 0.25) is 5.02 Å². The third kappa shape index (κ3) is 6.57. The number of rotatable bonds is 6. The Balaban J connectivity index is 1.78. The molecule has 0 aliphatic carbocycles. The van der Waals surface area contributed by atoms with Crippen molar-refractivity contribution in [2.45, 2.75) is 17.2 Å². The van der Waals surface area contributed by atoms with Crippen LogP contribution < -0.4 is 5.73 Å². The minimum Gasteiger partial charge on any atom is -0.369 e. The zero-order chi connectivity index (χ0) is 26.4. The van der Waals surface area contributed by atoms with Crippen LogP contribution in [0.5, 0.6) is 0 Å². The molecular weight excluding hydrogens is 530 g/mol. The summed E-state index contributed by atoms with van der Waals surface area (Å²) in [5.74, 6) is -0.827. The normalized spacial score (nSPS) is 16.1. The maximum Gasteiger partial charge on any atom is 0.284 e. The van der Waals surface area contributed by atoms with Gasteiger partial charge in [-0.3, -0.25) is 4.79 Å². The van der Waals surface area contributed by atoms with Crippen LogP contribution in [0.3, 0.4) is 0 Å².